The number of esters is 1. The molecule has 1 heterocycles. The van der Waals surface area contributed by atoms with Gasteiger partial charge in [0.05, 0.1) is 24.2 Å². The van der Waals surface area contributed by atoms with E-state index >= 15 is 0 Å². The fourth-order valence-electron chi connectivity index (χ4n) is 4.26. The van der Waals surface area contributed by atoms with Crippen molar-refractivity contribution in [2.45, 2.75) is 96.1 Å². The molecule has 6 heteroatoms. The summed E-state index contributed by atoms with van der Waals surface area (Å²) in [6.07, 6.45) is 3.07. The lowest BCUT2D eigenvalue weighted by molar-refractivity contribution is -0.194. The Kier molecular flexibility index (Phi) is 6.16. The van der Waals surface area contributed by atoms with Gasteiger partial charge in [-0.3, -0.25) is 4.79 Å². The second kappa shape index (κ2) is 8.15. The number of ether oxygens (including phenoxy) is 3. The van der Waals surface area contributed by atoms with Gasteiger partial charge in [-0.1, -0.05) is 13.3 Å². The van der Waals surface area contributed by atoms with E-state index in [1.54, 1.807) is 19.9 Å². The summed E-state index contributed by atoms with van der Waals surface area (Å²) in [4.78, 5) is 12.7. The number of carbonyl (C=O) groups excluding carboxylic acids is 1. The average molecular weight is 407 g/mol. The molecule has 6 nitrogen and oxygen atoms in total. The normalized spacial score (nSPS) is 25.9. The summed E-state index contributed by atoms with van der Waals surface area (Å²) in [7, 11) is 0. The Labute approximate surface area is 173 Å². The molecule has 0 bridgehead atoms. The largest absolute Gasteiger partial charge is 0.508 e. The number of aromatic hydroxyl groups is 1. The summed E-state index contributed by atoms with van der Waals surface area (Å²) in [5.74, 6) is -0.809. The molecule has 0 amide bonds. The first-order valence-corrected chi connectivity index (χ1v) is 10.6. The van der Waals surface area contributed by atoms with Crippen molar-refractivity contribution in [2.75, 3.05) is 6.61 Å². The van der Waals surface area contributed by atoms with Crippen LogP contribution >= 0.6 is 0 Å². The van der Waals surface area contributed by atoms with Crippen LogP contribution in [0.2, 0.25) is 0 Å². The fraction of sp³-hybridized carbons (Fsp3) is 0.696. The number of carbonyl (C=O) groups is 1. The lowest BCUT2D eigenvalue weighted by atomic mass is 9.77. The number of hydrogen-bond acceptors (Lipinski definition) is 6. The predicted molar refractivity (Wildman–Crippen MR) is 109 cm³/mol. The molecule has 1 aromatic carbocycles. The van der Waals surface area contributed by atoms with Crippen molar-refractivity contribution in [2.24, 2.45) is 0 Å². The molecular formula is C23H34O6. The van der Waals surface area contributed by atoms with Crippen molar-refractivity contribution in [3.8, 4) is 11.5 Å². The van der Waals surface area contributed by atoms with Gasteiger partial charge in [-0.25, -0.2) is 0 Å². The number of hydrogen-bond donors (Lipinski definition) is 2. The minimum atomic E-state index is -0.938. The highest BCUT2D eigenvalue weighted by Gasteiger charge is 2.43. The number of benzene rings is 1. The molecule has 1 aliphatic carbocycles. The highest BCUT2D eigenvalue weighted by atomic mass is 16.7. The molecule has 1 saturated carbocycles. The lowest BCUT2D eigenvalue weighted by Gasteiger charge is -2.35. The molecule has 3 atom stereocenters. The fourth-order valence-corrected chi connectivity index (χ4v) is 4.26. The molecule has 2 aliphatic rings. The Balaban J connectivity index is 2.00. The van der Waals surface area contributed by atoms with Gasteiger partial charge in [0.2, 0.25) is 5.79 Å². The topological polar surface area (TPSA) is 85.2 Å². The Morgan fingerprint density at radius 3 is 2.72 bits per heavy atom. The molecule has 1 aromatic rings. The van der Waals surface area contributed by atoms with Gasteiger partial charge in [-0.2, -0.15) is 0 Å². The monoisotopic (exact) mass is 406 g/mol. The second-order valence-electron chi connectivity index (χ2n) is 9.25. The van der Waals surface area contributed by atoms with Crippen LogP contribution in [-0.4, -0.2) is 40.8 Å². The number of aliphatic hydroxyl groups excluding tert-OH is 1. The molecule has 2 N–H and O–H groups in total. The summed E-state index contributed by atoms with van der Waals surface area (Å²) >= 11 is 0. The smallest absolute Gasteiger partial charge is 0.315 e. The van der Waals surface area contributed by atoms with E-state index in [-0.39, 0.29) is 23.7 Å². The first-order chi connectivity index (χ1) is 13.5. The summed E-state index contributed by atoms with van der Waals surface area (Å²) in [6, 6.07) is 3.43. The third kappa shape index (κ3) is 4.53. The molecule has 0 radical (unpaired) electrons. The van der Waals surface area contributed by atoms with Gasteiger partial charge in [-0.15, -0.1) is 0 Å². The summed E-state index contributed by atoms with van der Waals surface area (Å²) in [5, 5.41) is 21.2. The Hall–Kier alpha value is -1.79. The van der Waals surface area contributed by atoms with Crippen LogP contribution in [0.25, 0.3) is 0 Å². The van der Waals surface area contributed by atoms with E-state index in [1.165, 1.54) is 0 Å². The average Bonchev–Trinajstić information content (AvgIpc) is 2.73. The van der Waals surface area contributed by atoms with E-state index < -0.39 is 17.3 Å². The van der Waals surface area contributed by atoms with Crippen LogP contribution in [-0.2, 0) is 19.7 Å². The van der Waals surface area contributed by atoms with Crippen LogP contribution in [0, 0.1) is 0 Å². The van der Waals surface area contributed by atoms with E-state index in [0.717, 1.165) is 12.8 Å². The Bertz CT molecular complexity index is 754. The number of fused-ring (bicyclic) bond motifs is 3. The molecule has 1 aliphatic heterocycles. The maximum Gasteiger partial charge on any atom is 0.315 e. The number of phenols is 1. The van der Waals surface area contributed by atoms with Gasteiger partial charge < -0.3 is 24.4 Å². The number of rotatable bonds is 5. The molecule has 162 valence electrons. The van der Waals surface area contributed by atoms with E-state index in [2.05, 4.69) is 0 Å². The van der Waals surface area contributed by atoms with Crippen molar-refractivity contribution in [1.82, 2.24) is 0 Å². The van der Waals surface area contributed by atoms with E-state index in [1.807, 2.05) is 26.8 Å². The van der Waals surface area contributed by atoms with Crippen molar-refractivity contribution >= 4 is 5.97 Å². The van der Waals surface area contributed by atoms with E-state index in [0.29, 0.717) is 42.7 Å². The zero-order valence-corrected chi connectivity index (χ0v) is 18.2. The van der Waals surface area contributed by atoms with Crippen molar-refractivity contribution < 1.29 is 29.2 Å². The molecule has 0 aromatic heterocycles. The molecule has 1 unspecified atom stereocenters. The highest BCUT2D eigenvalue weighted by molar-refractivity contribution is 5.82. The van der Waals surface area contributed by atoms with Crippen molar-refractivity contribution in [3.63, 3.8) is 0 Å². The number of aliphatic hydroxyl groups is 1. The number of phenolic OH excluding ortho intramolecular Hbond substituents is 1. The van der Waals surface area contributed by atoms with Gasteiger partial charge in [0.1, 0.15) is 11.5 Å². The Morgan fingerprint density at radius 1 is 1.31 bits per heavy atom. The molecule has 29 heavy (non-hydrogen) atoms. The van der Waals surface area contributed by atoms with Gasteiger partial charge in [0.15, 0.2) is 0 Å². The van der Waals surface area contributed by atoms with E-state index in [9.17, 15) is 15.0 Å². The highest BCUT2D eigenvalue weighted by Crippen LogP contribution is 2.49. The first kappa shape index (κ1) is 21.9. The molecule has 3 rings (SSSR count). The van der Waals surface area contributed by atoms with Crippen LogP contribution in [0.5, 0.6) is 11.5 Å². The van der Waals surface area contributed by atoms with Crippen LogP contribution in [0.15, 0.2) is 12.1 Å². The summed E-state index contributed by atoms with van der Waals surface area (Å²) < 4.78 is 17.8. The van der Waals surface area contributed by atoms with Crippen LogP contribution in [0.4, 0.5) is 0 Å². The third-order valence-electron chi connectivity index (χ3n) is 6.00. The molecule has 1 fully saturated rings. The minimum absolute atomic E-state index is 0.0670. The van der Waals surface area contributed by atoms with Crippen LogP contribution in [0.3, 0.4) is 0 Å². The molecule has 0 spiro atoms. The third-order valence-corrected chi connectivity index (χ3v) is 6.00. The van der Waals surface area contributed by atoms with Gasteiger partial charge in [0.25, 0.3) is 0 Å². The summed E-state index contributed by atoms with van der Waals surface area (Å²) in [6.45, 7) is 9.69. The van der Waals surface area contributed by atoms with Gasteiger partial charge in [-0.05, 0) is 57.2 Å². The van der Waals surface area contributed by atoms with Gasteiger partial charge >= 0.3 is 5.97 Å². The van der Waals surface area contributed by atoms with Crippen molar-refractivity contribution in [3.05, 3.63) is 23.3 Å². The summed E-state index contributed by atoms with van der Waals surface area (Å²) in [5.41, 5.74) is 0.339. The maximum absolute atomic E-state index is 12.7. The zero-order valence-electron chi connectivity index (χ0n) is 18.2. The lowest BCUT2D eigenvalue weighted by Crippen LogP contribution is -2.39. The van der Waals surface area contributed by atoms with Crippen molar-refractivity contribution in [1.29, 1.82) is 0 Å². The quantitative estimate of drug-likeness (QED) is 0.564. The molecular weight excluding hydrogens is 372 g/mol. The minimum Gasteiger partial charge on any atom is -0.508 e. The van der Waals surface area contributed by atoms with Gasteiger partial charge in [0, 0.05) is 25.3 Å². The van der Waals surface area contributed by atoms with E-state index in [4.69, 9.17) is 14.2 Å². The maximum atomic E-state index is 12.7. The predicted octanol–water partition coefficient (Wildman–Crippen LogP) is 4.16. The van der Waals surface area contributed by atoms with Crippen LogP contribution in [0.1, 0.15) is 83.8 Å². The van der Waals surface area contributed by atoms with Crippen LogP contribution < -0.4 is 4.74 Å². The molecule has 0 saturated heterocycles. The first-order valence-electron chi connectivity index (χ1n) is 10.6. The second-order valence-corrected chi connectivity index (χ2v) is 9.25. The zero-order chi connectivity index (χ0) is 21.4. The standard InChI is InChI=1S/C23H34O6/c1-6-7-10-27-21(26)22(2,3)14-11-17(25)20-16-13-15(24)8-9-18(16)28-23(4,5)29-19(20)12-14/h11-12,15-16,18,24-25H,6-10,13H2,1-5H3/t15-,16-,18?/m1/s1. The SMILES string of the molecule is CCCCOC(=O)C(C)(C)c1cc(O)c2c(c1)OC(C)(C)OC1CC[C@@H](O)C[C@@H]21. The number of unbranched alkanes of at least 4 members (excludes halogenated alkanes) is 1. The Morgan fingerprint density at radius 2 is 2.03 bits per heavy atom.